The number of rotatable bonds is 6. The Morgan fingerprint density at radius 3 is 2.49 bits per heavy atom. The topological polar surface area (TPSA) is 133 Å². The van der Waals surface area contributed by atoms with Crippen molar-refractivity contribution in [3.8, 4) is 17.2 Å². The molecule has 2 aliphatic heterocycles. The average Bonchev–Trinajstić information content (AvgIpc) is 3.41. The number of hydrogen-bond donors (Lipinski definition) is 1. The molecule has 1 fully saturated rings. The molecule has 3 aromatic rings. The van der Waals surface area contributed by atoms with Crippen LogP contribution in [0.4, 0.5) is 13.2 Å². The molecule has 1 unspecified atom stereocenters. The van der Waals surface area contributed by atoms with E-state index in [9.17, 15) is 32.3 Å². The number of carbonyl (C=O) groups excluding carboxylic acids is 4. The molecule has 37 heavy (non-hydrogen) atoms. The molecule has 5 rings (SSSR count). The highest BCUT2D eigenvalue weighted by Gasteiger charge is 2.46. The van der Waals surface area contributed by atoms with Crippen molar-refractivity contribution in [1.82, 2.24) is 25.2 Å². The van der Waals surface area contributed by atoms with Crippen LogP contribution in [-0.4, -0.2) is 55.9 Å². The van der Waals surface area contributed by atoms with Gasteiger partial charge in [0.15, 0.2) is 0 Å². The number of benzene rings is 2. The zero-order valence-electron chi connectivity index (χ0n) is 18.7. The van der Waals surface area contributed by atoms with Gasteiger partial charge in [-0.1, -0.05) is 11.3 Å². The number of aromatic nitrogens is 3. The van der Waals surface area contributed by atoms with Gasteiger partial charge in [0, 0.05) is 6.42 Å². The van der Waals surface area contributed by atoms with Crippen LogP contribution in [0.15, 0.2) is 48.7 Å². The predicted molar refractivity (Wildman–Crippen MR) is 115 cm³/mol. The molecule has 0 radical (unpaired) electrons. The van der Waals surface area contributed by atoms with E-state index in [2.05, 4.69) is 20.4 Å². The number of piperidine rings is 1. The second kappa shape index (κ2) is 9.04. The number of fused-ring (bicyclic) bond motifs is 1. The van der Waals surface area contributed by atoms with Gasteiger partial charge in [0.1, 0.15) is 29.8 Å². The summed E-state index contributed by atoms with van der Waals surface area (Å²) in [6, 6.07) is 8.32. The van der Waals surface area contributed by atoms with E-state index >= 15 is 0 Å². The molecule has 3 heterocycles. The van der Waals surface area contributed by atoms with Crippen molar-refractivity contribution >= 4 is 23.6 Å². The minimum Gasteiger partial charge on any atom is -0.486 e. The lowest BCUT2D eigenvalue weighted by atomic mass is 10.0. The molecular weight excluding hydrogens is 499 g/mol. The highest BCUT2D eigenvalue weighted by molar-refractivity contribution is 6.24. The van der Waals surface area contributed by atoms with Gasteiger partial charge in [-0.15, -0.1) is 18.3 Å². The molecular formula is C23H16F3N5O6. The summed E-state index contributed by atoms with van der Waals surface area (Å²) in [4.78, 5) is 50.6. The number of nitrogens with zero attached hydrogens (tertiary/aromatic N) is 4. The highest BCUT2D eigenvalue weighted by Crippen LogP contribution is 2.34. The zero-order valence-corrected chi connectivity index (χ0v) is 18.7. The molecule has 0 aliphatic carbocycles. The third-order valence-electron chi connectivity index (χ3n) is 5.68. The zero-order chi connectivity index (χ0) is 26.3. The number of hydrogen-bond acceptors (Lipinski definition) is 8. The molecule has 1 aromatic heterocycles. The van der Waals surface area contributed by atoms with Crippen molar-refractivity contribution in [2.75, 3.05) is 0 Å². The molecule has 2 aliphatic rings. The molecule has 1 atom stereocenters. The standard InChI is InChI=1S/C23H16F3N5O6/c24-23(25,26)37-14-6-4-13(5-7-14)30-10-12(28-29-30)11-36-17-3-1-2-15-19(17)22(35)31(21(15)34)16-8-9-18(32)27-20(16)33/h1-7,10,16H,8-9,11H2,(H,27,32,33). The molecule has 0 bridgehead atoms. The van der Waals surface area contributed by atoms with Crippen LogP contribution in [0.2, 0.25) is 0 Å². The Morgan fingerprint density at radius 1 is 1.03 bits per heavy atom. The van der Waals surface area contributed by atoms with Crippen LogP contribution in [0, 0.1) is 0 Å². The van der Waals surface area contributed by atoms with E-state index in [0.717, 1.165) is 17.0 Å². The van der Waals surface area contributed by atoms with Gasteiger partial charge in [-0.3, -0.25) is 29.4 Å². The molecule has 190 valence electrons. The number of carbonyl (C=O) groups is 4. The monoisotopic (exact) mass is 515 g/mol. The third kappa shape index (κ3) is 4.72. The van der Waals surface area contributed by atoms with E-state index in [1.165, 1.54) is 41.2 Å². The van der Waals surface area contributed by atoms with E-state index in [-0.39, 0.29) is 42.1 Å². The first-order valence-electron chi connectivity index (χ1n) is 10.9. The van der Waals surface area contributed by atoms with Crippen LogP contribution in [-0.2, 0) is 16.2 Å². The fraction of sp³-hybridized carbons (Fsp3) is 0.217. The molecule has 1 N–H and O–H groups in total. The van der Waals surface area contributed by atoms with E-state index < -0.39 is 36.0 Å². The fourth-order valence-electron chi connectivity index (χ4n) is 4.05. The van der Waals surface area contributed by atoms with Crippen molar-refractivity contribution in [1.29, 1.82) is 0 Å². The Labute approximate surface area is 205 Å². The van der Waals surface area contributed by atoms with E-state index in [0.29, 0.717) is 11.4 Å². The Hall–Kier alpha value is -4.75. The maximum atomic E-state index is 13.1. The van der Waals surface area contributed by atoms with Gasteiger partial charge in [0.25, 0.3) is 11.8 Å². The van der Waals surface area contributed by atoms with Crippen molar-refractivity contribution in [2.45, 2.75) is 31.9 Å². The average molecular weight is 515 g/mol. The largest absolute Gasteiger partial charge is 0.573 e. The van der Waals surface area contributed by atoms with Gasteiger partial charge in [0.05, 0.1) is 23.0 Å². The normalized spacial score (nSPS) is 17.6. The second-order valence-corrected chi connectivity index (χ2v) is 8.11. The second-order valence-electron chi connectivity index (χ2n) is 8.11. The summed E-state index contributed by atoms with van der Waals surface area (Å²) in [7, 11) is 0. The Bertz CT molecular complexity index is 1420. The van der Waals surface area contributed by atoms with Gasteiger partial charge in [0.2, 0.25) is 11.8 Å². The smallest absolute Gasteiger partial charge is 0.486 e. The van der Waals surface area contributed by atoms with Gasteiger partial charge >= 0.3 is 6.36 Å². The fourth-order valence-corrected chi connectivity index (χ4v) is 4.05. The van der Waals surface area contributed by atoms with Gasteiger partial charge in [-0.25, -0.2) is 4.68 Å². The Kier molecular flexibility index (Phi) is 5.85. The van der Waals surface area contributed by atoms with Crippen molar-refractivity contribution in [2.24, 2.45) is 0 Å². The number of imide groups is 2. The maximum Gasteiger partial charge on any atom is 0.573 e. The van der Waals surface area contributed by atoms with Crippen LogP contribution in [0.5, 0.6) is 11.5 Å². The van der Waals surface area contributed by atoms with Crippen LogP contribution in [0.3, 0.4) is 0 Å². The summed E-state index contributed by atoms with van der Waals surface area (Å²) < 4.78 is 47.9. The SMILES string of the molecule is O=C1CCC(N2C(=O)c3cccc(OCc4cn(-c5ccc(OC(F)(F)F)cc5)nn4)c3C2=O)C(=O)N1. The summed E-state index contributed by atoms with van der Waals surface area (Å²) in [5.41, 5.74) is 0.795. The summed E-state index contributed by atoms with van der Waals surface area (Å²) in [5.74, 6) is -2.86. The molecule has 0 spiro atoms. The Balaban J connectivity index is 1.30. The lowest BCUT2D eigenvalue weighted by Crippen LogP contribution is -2.54. The quantitative estimate of drug-likeness (QED) is 0.494. The number of nitrogens with one attached hydrogen (secondary N) is 1. The summed E-state index contributed by atoms with van der Waals surface area (Å²) in [6.07, 6.45) is -3.30. The van der Waals surface area contributed by atoms with E-state index in [1.807, 2.05) is 0 Å². The first-order chi connectivity index (χ1) is 17.6. The van der Waals surface area contributed by atoms with Crippen molar-refractivity contribution in [3.63, 3.8) is 0 Å². The first kappa shape index (κ1) is 24.0. The van der Waals surface area contributed by atoms with Crippen molar-refractivity contribution in [3.05, 3.63) is 65.5 Å². The molecule has 11 nitrogen and oxygen atoms in total. The van der Waals surface area contributed by atoms with Gasteiger partial charge in [-0.05, 0) is 42.8 Å². The maximum absolute atomic E-state index is 13.1. The minimum absolute atomic E-state index is 0.000901. The summed E-state index contributed by atoms with van der Waals surface area (Å²) in [6.45, 7) is -0.147. The highest BCUT2D eigenvalue weighted by atomic mass is 19.4. The van der Waals surface area contributed by atoms with Gasteiger partial charge < -0.3 is 9.47 Å². The molecule has 1 saturated heterocycles. The lowest BCUT2D eigenvalue weighted by Gasteiger charge is -2.27. The number of ether oxygens (including phenoxy) is 2. The number of halogens is 3. The van der Waals surface area contributed by atoms with Crippen LogP contribution < -0.4 is 14.8 Å². The molecule has 4 amide bonds. The molecule has 2 aromatic carbocycles. The molecule has 14 heteroatoms. The van der Waals surface area contributed by atoms with E-state index in [1.54, 1.807) is 0 Å². The van der Waals surface area contributed by atoms with E-state index in [4.69, 9.17) is 4.74 Å². The van der Waals surface area contributed by atoms with Crippen LogP contribution in [0.1, 0.15) is 39.3 Å². The van der Waals surface area contributed by atoms with Gasteiger partial charge in [-0.2, -0.15) is 0 Å². The third-order valence-corrected chi connectivity index (χ3v) is 5.68. The van der Waals surface area contributed by atoms with Crippen LogP contribution >= 0.6 is 0 Å². The lowest BCUT2D eigenvalue weighted by molar-refractivity contribution is -0.274. The number of alkyl halides is 3. The number of amides is 4. The Morgan fingerprint density at radius 2 is 1.78 bits per heavy atom. The van der Waals surface area contributed by atoms with Crippen LogP contribution in [0.25, 0.3) is 5.69 Å². The predicted octanol–water partition coefficient (Wildman–Crippen LogP) is 2.15. The minimum atomic E-state index is -4.80. The van der Waals surface area contributed by atoms with Crippen molar-refractivity contribution < 1.29 is 41.8 Å². The summed E-state index contributed by atoms with van der Waals surface area (Å²) >= 11 is 0. The first-order valence-corrected chi connectivity index (χ1v) is 10.9. The summed E-state index contributed by atoms with van der Waals surface area (Å²) in [5, 5.41) is 10.00. The molecule has 0 saturated carbocycles.